The molecule has 1 aliphatic carbocycles. The van der Waals surface area contributed by atoms with Crippen molar-refractivity contribution in [2.45, 2.75) is 77.8 Å². The molecule has 122 valence electrons. The van der Waals surface area contributed by atoms with Crippen molar-refractivity contribution in [3.05, 3.63) is 17.5 Å². The van der Waals surface area contributed by atoms with Gasteiger partial charge in [0.05, 0.1) is 0 Å². The third-order valence-electron chi connectivity index (χ3n) is 4.27. The first-order chi connectivity index (χ1) is 10.6. The van der Waals surface area contributed by atoms with Crippen LogP contribution in [0.5, 0.6) is 0 Å². The monoisotopic (exact) mass is 304 g/mol. The Bertz CT molecular complexity index is 495. The molecule has 0 saturated heterocycles. The average molecular weight is 304 g/mol. The van der Waals surface area contributed by atoms with E-state index in [-0.39, 0.29) is 11.9 Å². The highest BCUT2D eigenvalue weighted by atomic mass is 16.1. The van der Waals surface area contributed by atoms with Gasteiger partial charge in [0, 0.05) is 17.8 Å². The summed E-state index contributed by atoms with van der Waals surface area (Å²) in [5.74, 6) is 0.463. The quantitative estimate of drug-likeness (QED) is 0.818. The number of anilines is 1. The summed E-state index contributed by atoms with van der Waals surface area (Å²) in [6, 6.07) is 2.33. The average Bonchev–Trinajstić information content (AvgIpc) is 2.75. The smallest absolute Gasteiger partial charge is 0.270 e. The lowest BCUT2D eigenvalue weighted by Crippen LogP contribution is -2.33. The van der Waals surface area contributed by atoms with E-state index in [9.17, 15) is 4.79 Å². The summed E-state index contributed by atoms with van der Waals surface area (Å²) in [6.45, 7) is 5.95. The van der Waals surface area contributed by atoms with Gasteiger partial charge >= 0.3 is 0 Å². The lowest BCUT2D eigenvalue weighted by atomic mass is 10.1. The van der Waals surface area contributed by atoms with Gasteiger partial charge in [-0.15, -0.1) is 0 Å². The predicted molar refractivity (Wildman–Crippen MR) is 89.1 cm³/mol. The van der Waals surface area contributed by atoms with Crippen molar-refractivity contribution >= 4 is 11.9 Å². The van der Waals surface area contributed by atoms with Crippen LogP contribution < -0.4 is 10.6 Å². The van der Waals surface area contributed by atoms with Crippen LogP contribution in [0.1, 0.15) is 75.0 Å². The molecule has 1 unspecified atom stereocenters. The summed E-state index contributed by atoms with van der Waals surface area (Å²) in [4.78, 5) is 21.1. The zero-order valence-electron chi connectivity index (χ0n) is 14.0. The minimum atomic E-state index is -0.122. The second kappa shape index (κ2) is 8.11. The molecular formula is C17H28N4O. The van der Waals surface area contributed by atoms with Crippen LogP contribution in [-0.2, 0) is 0 Å². The molecule has 0 spiro atoms. The van der Waals surface area contributed by atoms with Crippen molar-refractivity contribution in [3.8, 4) is 0 Å². The molecule has 1 atom stereocenters. The van der Waals surface area contributed by atoms with E-state index in [1.807, 2.05) is 13.8 Å². The number of carbonyl (C=O) groups is 1. The first-order valence-electron chi connectivity index (χ1n) is 8.51. The lowest BCUT2D eigenvalue weighted by Gasteiger charge is -2.17. The van der Waals surface area contributed by atoms with E-state index < -0.39 is 0 Å². The fourth-order valence-corrected chi connectivity index (χ4v) is 2.76. The highest BCUT2D eigenvalue weighted by Gasteiger charge is 2.16. The van der Waals surface area contributed by atoms with Crippen LogP contribution in [0.25, 0.3) is 0 Å². The van der Waals surface area contributed by atoms with Gasteiger partial charge in [-0.05, 0) is 39.2 Å². The molecule has 0 aliphatic heterocycles. The van der Waals surface area contributed by atoms with E-state index in [1.165, 1.54) is 25.7 Å². The maximum atomic E-state index is 12.2. The fraction of sp³-hybridized carbons (Fsp3) is 0.706. The Labute approximate surface area is 133 Å². The van der Waals surface area contributed by atoms with Crippen molar-refractivity contribution in [2.24, 2.45) is 0 Å². The summed E-state index contributed by atoms with van der Waals surface area (Å²) in [5.41, 5.74) is 1.27. The van der Waals surface area contributed by atoms with Gasteiger partial charge in [0.1, 0.15) is 5.69 Å². The summed E-state index contributed by atoms with van der Waals surface area (Å²) in [5, 5.41) is 6.38. The Morgan fingerprint density at radius 2 is 1.95 bits per heavy atom. The van der Waals surface area contributed by atoms with E-state index in [2.05, 4.69) is 27.5 Å². The van der Waals surface area contributed by atoms with E-state index >= 15 is 0 Å². The van der Waals surface area contributed by atoms with Gasteiger partial charge in [-0.3, -0.25) is 4.79 Å². The highest BCUT2D eigenvalue weighted by molar-refractivity contribution is 5.92. The molecule has 1 aliphatic rings. The number of hydrogen-bond acceptors (Lipinski definition) is 4. The molecule has 1 aromatic heterocycles. The number of hydrogen-bond donors (Lipinski definition) is 2. The summed E-state index contributed by atoms with van der Waals surface area (Å²) >= 11 is 0. The molecule has 2 N–H and O–H groups in total. The van der Waals surface area contributed by atoms with Gasteiger partial charge < -0.3 is 10.6 Å². The minimum absolute atomic E-state index is 0.122. The zero-order valence-corrected chi connectivity index (χ0v) is 14.0. The van der Waals surface area contributed by atoms with Gasteiger partial charge in [-0.25, -0.2) is 9.97 Å². The first-order valence-corrected chi connectivity index (χ1v) is 8.51. The van der Waals surface area contributed by atoms with Crippen molar-refractivity contribution in [3.63, 3.8) is 0 Å². The van der Waals surface area contributed by atoms with Gasteiger partial charge in [-0.1, -0.05) is 32.6 Å². The molecular weight excluding hydrogens is 276 g/mol. The minimum Gasteiger partial charge on any atom is -0.351 e. The Balaban J connectivity index is 2.07. The molecule has 1 fully saturated rings. The number of nitrogens with zero attached hydrogens (tertiary/aromatic N) is 2. The standard InChI is InChI=1S/C17H28N4O/c1-4-12(2)18-16(22)15-11-13(3)19-17(21-15)20-14-9-7-5-6-8-10-14/h11-12,14H,4-10H2,1-3H3,(H,18,22)(H,19,20,21). The van der Waals surface area contributed by atoms with Crippen LogP contribution in [0.4, 0.5) is 5.95 Å². The molecule has 5 heteroatoms. The SMILES string of the molecule is CCC(C)NC(=O)c1cc(C)nc(NC2CCCCCC2)n1. The van der Waals surface area contributed by atoms with Gasteiger partial charge in [-0.2, -0.15) is 0 Å². The van der Waals surface area contributed by atoms with E-state index in [1.54, 1.807) is 6.07 Å². The highest BCUT2D eigenvalue weighted by Crippen LogP contribution is 2.20. The number of nitrogens with one attached hydrogen (secondary N) is 2. The number of carbonyl (C=O) groups excluding carboxylic acids is 1. The van der Waals surface area contributed by atoms with Crippen molar-refractivity contribution in [2.75, 3.05) is 5.32 Å². The molecule has 0 radical (unpaired) electrons. The number of aryl methyl sites for hydroxylation is 1. The van der Waals surface area contributed by atoms with Crippen LogP contribution >= 0.6 is 0 Å². The summed E-state index contributed by atoms with van der Waals surface area (Å²) < 4.78 is 0. The Hall–Kier alpha value is -1.65. The Kier molecular flexibility index (Phi) is 6.16. The summed E-state index contributed by atoms with van der Waals surface area (Å²) in [7, 11) is 0. The predicted octanol–water partition coefficient (Wildman–Crippen LogP) is 3.45. The summed E-state index contributed by atoms with van der Waals surface area (Å²) in [6.07, 6.45) is 8.36. The molecule has 22 heavy (non-hydrogen) atoms. The van der Waals surface area contributed by atoms with Crippen molar-refractivity contribution in [1.29, 1.82) is 0 Å². The first kappa shape index (κ1) is 16.7. The second-order valence-corrected chi connectivity index (χ2v) is 6.33. The molecule has 1 heterocycles. The number of aromatic nitrogens is 2. The topological polar surface area (TPSA) is 66.9 Å². The van der Waals surface area contributed by atoms with Crippen molar-refractivity contribution in [1.82, 2.24) is 15.3 Å². The van der Waals surface area contributed by atoms with E-state index in [4.69, 9.17) is 0 Å². The molecule has 1 aromatic rings. The van der Waals surface area contributed by atoms with Gasteiger partial charge in [0.25, 0.3) is 5.91 Å². The maximum Gasteiger partial charge on any atom is 0.270 e. The normalized spacial score (nSPS) is 17.6. The molecule has 2 rings (SSSR count). The third kappa shape index (κ3) is 4.97. The molecule has 0 bridgehead atoms. The van der Waals surface area contributed by atoms with Crippen LogP contribution in [0.2, 0.25) is 0 Å². The van der Waals surface area contributed by atoms with Crippen LogP contribution in [0, 0.1) is 6.92 Å². The third-order valence-corrected chi connectivity index (χ3v) is 4.27. The molecule has 0 aromatic carbocycles. The molecule has 5 nitrogen and oxygen atoms in total. The number of amides is 1. The fourth-order valence-electron chi connectivity index (χ4n) is 2.76. The van der Waals surface area contributed by atoms with Gasteiger partial charge in [0.2, 0.25) is 5.95 Å². The lowest BCUT2D eigenvalue weighted by molar-refractivity contribution is 0.0934. The van der Waals surface area contributed by atoms with Gasteiger partial charge in [0.15, 0.2) is 0 Å². The maximum absolute atomic E-state index is 12.2. The zero-order chi connectivity index (χ0) is 15.9. The van der Waals surface area contributed by atoms with Crippen LogP contribution in [-0.4, -0.2) is 28.0 Å². The van der Waals surface area contributed by atoms with E-state index in [0.717, 1.165) is 25.0 Å². The van der Waals surface area contributed by atoms with Crippen LogP contribution in [0.3, 0.4) is 0 Å². The Morgan fingerprint density at radius 3 is 2.59 bits per heavy atom. The van der Waals surface area contributed by atoms with Crippen LogP contribution in [0.15, 0.2) is 6.07 Å². The van der Waals surface area contributed by atoms with Crippen molar-refractivity contribution < 1.29 is 4.79 Å². The molecule has 1 saturated carbocycles. The molecule has 1 amide bonds. The second-order valence-electron chi connectivity index (χ2n) is 6.33. The van der Waals surface area contributed by atoms with E-state index in [0.29, 0.717) is 17.7 Å². The number of rotatable bonds is 5. The Morgan fingerprint density at radius 1 is 1.27 bits per heavy atom. The largest absolute Gasteiger partial charge is 0.351 e.